The lowest BCUT2D eigenvalue weighted by molar-refractivity contribution is 0.454. The fourth-order valence-electron chi connectivity index (χ4n) is 1.25. The molecule has 0 rings (SSSR count). The Labute approximate surface area is 80.8 Å². The first-order valence-corrected chi connectivity index (χ1v) is 4.81. The molecule has 0 radical (unpaired) electrons. The van der Waals surface area contributed by atoms with Crippen molar-refractivity contribution in [1.29, 1.82) is 0 Å². The number of rotatable bonds is 6. The Kier molecular flexibility index (Phi) is 20.3. The highest BCUT2D eigenvalue weighted by molar-refractivity contribution is 4.52. The quantitative estimate of drug-likeness (QED) is 0.514. The van der Waals surface area contributed by atoms with Crippen LogP contribution in [0.15, 0.2) is 0 Å². The van der Waals surface area contributed by atoms with Gasteiger partial charge in [-0.15, -0.1) is 0 Å². The molecule has 0 atom stereocenters. The third-order valence-corrected chi connectivity index (χ3v) is 2.10. The van der Waals surface area contributed by atoms with Crippen LogP contribution in [0.4, 0.5) is 0 Å². The van der Waals surface area contributed by atoms with Crippen LogP contribution in [0.2, 0.25) is 0 Å². The molecule has 0 aromatic carbocycles. The average molecular weight is 174 g/mol. The summed E-state index contributed by atoms with van der Waals surface area (Å²) in [5, 5.41) is 0. The molecule has 0 aromatic heterocycles. The molecule has 0 aliphatic heterocycles. The highest BCUT2D eigenvalue weighted by atomic mass is 14.0. The Bertz CT molecular complexity index is 49.1. The van der Waals surface area contributed by atoms with Gasteiger partial charge in [-0.3, -0.25) is 0 Å². The molecule has 0 unspecified atom stereocenters. The molecule has 0 aliphatic carbocycles. The van der Waals surface area contributed by atoms with Crippen LogP contribution in [0, 0.1) is 5.92 Å². The van der Waals surface area contributed by atoms with Crippen molar-refractivity contribution in [2.45, 2.75) is 74.1 Å². The van der Waals surface area contributed by atoms with Gasteiger partial charge in [0.1, 0.15) is 0 Å². The van der Waals surface area contributed by atoms with Gasteiger partial charge in [0.25, 0.3) is 0 Å². The van der Waals surface area contributed by atoms with E-state index in [0.29, 0.717) is 0 Å². The summed E-state index contributed by atoms with van der Waals surface area (Å²) in [5.74, 6) is 0.972. The minimum Gasteiger partial charge on any atom is -0.0776 e. The van der Waals surface area contributed by atoms with Crippen LogP contribution in [-0.4, -0.2) is 0 Å². The molecular formula is C12H30. The van der Waals surface area contributed by atoms with Crippen molar-refractivity contribution in [2.75, 3.05) is 0 Å². The monoisotopic (exact) mass is 174 g/mol. The van der Waals surface area contributed by atoms with Crippen molar-refractivity contribution < 1.29 is 0 Å². The Hall–Kier alpha value is 0. The SMILES string of the molecule is C.C.CCCCC(C)CCCC. The van der Waals surface area contributed by atoms with Crippen molar-refractivity contribution in [3.63, 3.8) is 0 Å². The lowest BCUT2D eigenvalue weighted by Gasteiger charge is -2.08. The van der Waals surface area contributed by atoms with Gasteiger partial charge >= 0.3 is 0 Å². The van der Waals surface area contributed by atoms with Gasteiger partial charge in [-0.05, 0) is 5.92 Å². The molecular weight excluding hydrogens is 144 g/mol. The summed E-state index contributed by atoms with van der Waals surface area (Å²) in [5.41, 5.74) is 0. The van der Waals surface area contributed by atoms with E-state index >= 15 is 0 Å². The van der Waals surface area contributed by atoms with Crippen LogP contribution in [0.3, 0.4) is 0 Å². The normalized spacial score (nSPS) is 9.00. The molecule has 12 heavy (non-hydrogen) atoms. The first-order valence-electron chi connectivity index (χ1n) is 4.81. The van der Waals surface area contributed by atoms with E-state index in [0.717, 1.165) is 5.92 Å². The molecule has 0 aliphatic rings. The molecule has 0 bridgehead atoms. The summed E-state index contributed by atoms with van der Waals surface area (Å²) < 4.78 is 0. The van der Waals surface area contributed by atoms with Gasteiger partial charge in [-0.25, -0.2) is 0 Å². The van der Waals surface area contributed by atoms with Gasteiger partial charge in [0, 0.05) is 0 Å². The molecule has 0 heterocycles. The summed E-state index contributed by atoms with van der Waals surface area (Å²) in [6.07, 6.45) is 8.44. The molecule has 0 spiro atoms. The molecule has 0 saturated heterocycles. The van der Waals surface area contributed by atoms with Gasteiger partial charge in [-0.1, -0.05) is 74.1 Å². The van der Waals surface area contributed by atoms with Crippen LogP contribution >= 0.6 is 0 Å². The topological polar surface area (TPSA) is 0 Å². The van der Waals surface area contributed by atoms with Gasteiger partial charge in [0.2, 0.25) is 0 Å². The van der Waals surface area contributed by atoms with E-state index in [2.05, 4.69) is 20.8 Å². The van der Waals surface area contributed by atoms with Crippen molar-refractivity contribution in [1.82, 2.24) is 0 Å². The average Bonchev–Trinajstić information content (AvgIpc) is 1.97. The fraction of sp³-hybridized carbons (Fsp3) is 1.00. The van der Waals surface area contributed by atoms with E-state index in [1.165, 1.54) is 38.5 Å². The van der Waals surface area contributed by atoms with E-state index in [-0.39, 0.29) is 14.9 Å². The summed E-state index contributed by atoms with van der Waals surface area (Å²) in [6.45, 7) is 6.92. The Balaban J connectivity index is -0.000000405. The van der Waals surface area contributed by atoms with E-state index in [4.69, 9.17) is 0 Å². The number of hydrogen-bond donors (Lipinski definition) is 0. The minimum absolute atomic E-state index is 0. The molecule has 0 saturated carbocycles. The smallest absolute Gasteiger partial charge is 0.0443 e. The summed E-state index contributed by atoms with van der Waals surface area (Å²) in [4.78, 5) is 0. The molecule has 0 nitrogen and oxygen atoms in total. The van der Waals surface area contributed by atoms with Crippen LogP contribution in [0.1, 0.15) is 74.1 Å². The summed E-state index contributed by atoms with van der Waals surface area (Å²) in [7, 11) is 0. The zero-order valence-electron chi connectivity index (χ0n) is 7.82. The van der Waals surface area contributed by atoms with Crippen LogP contribution in [0.5, 0.6) is 0 Å². The van der Waals surface area contributed by atoms with Gasteiger partial charge < -0.3 is 0 Å². The predicted molar refractivity (Wildman–Crippen MR) is 61.7 cm³/mol. The third kappa shape index (κ3) is 12.7. The lowest BCUT2D eigenvalue weighted by Crippen LogP contribution is -1.93. The number of hydrogen-bond acceptors (Lipinski definition) is 0. The second kappa shape index (κ2) is 13.6. The molecule has 0 fully saturated rings. The molecule has 78 valence electrons. The first-order chi connectivity index (χ1) is 4.81. The maximum atomic E-state index is 2.38. The second-order valence-electron chi connectivity index (χ2n) is 3.39. The molecule has 0 heteroatoms. The van der Waals surface area contributed by atoms with E-state index in [1.54, 1.807) is 0 Å². The van der Waals surface area contributed by atoms with Gasteiger partial charge in [0.05, 0.1) is 0 Å². The van der Waals surface area contributed by atoms with Crippen LogP contribution in [0.25, 0.3) is 0 Å². The largest absolute Gasteiger partial charge is 0.0776 e. The summed E-state index contributed by atoms with van der Waals surface area (Å²) >= 11 is 0. The first kappa shape index (κ1) is 17.9. The predicted octanol–water partition coefficient (Wildman–Crippen LogP) is 5.28. The van der Waals surface area contributed by atoms with Gasteiger partial charge in [0.15, 0.2) is 0 Å². The fourth-order valence-corrected chi connectivity index (χ4v) is 1.25. The highest BCUT2D eigenvalue weighted by Crippen LogP contribution is 2.14. The highest BCUT2D eigenvalue weighted by Gasteiger charge is 1.98. The van der Waals surface area contributed by atoms with Crippen molar-refractivity contribution in [2.24, 2.45) is 5.92 Å². The minimum atomic E-state index is 0. The van der Waals surface area contributed by atoms with Gasteiger partial charge in [-0.2, -0.15) is 0 Å². The van der Waals surface area contributed by atoms with Crippen molar-refractivity contribution >= 4 is 0 Å². The second-order valence-corrected chi connectivity index (χ2v) is 3.39. The van der Waals surface area contributed by atoms with Crippen molar-refractivity contribution in [3.05, 3.63) is 0 Å². The number of unbranched alkanes of at least 4 members (excludes halogenated alkanes) is 2. The standard InChI is InChI=1S/C10H22.2CH4/c1-4-6-8-10(3)9-7-5-2;;/h10H,4-9H2,1-3H3;2*1H4. The third-order valence-electron chi connectivity index (χ3n) is 2.10. The molecule has 0 amide bonds. The zero-order chi connectivity index (χ0) is 7.82. The van der Waals surface area contributed by atoms with E-state index in [1.807, 2.05) is 0 Å². The maximum absolute atomic E-state index is 2.38. The van der Waals surface area contributed by atoms with Crippen LogP contribution < -0.4 is 0 Å². The maximum Gasteiger partial charge on any atom is -0.0443 e. The van der Waals surface area contributed by atoms with Crippen molar-refractivity contribution in [3.8, 4) is 0 Å². The summed E-state index contributed by atoms with van der Waals surface area (Å²) in [6, 6.07) is 0. The van der Waals surface area contributed by atoms with E-state index in [9.17, 15) is 0 Å². The van der Waals surface area contributed by atoms with Crippen LogP contribution in [-0.2, 0) is 0 Å². The zero-order valence-corrected chi connectivity index (χ0v) is 7.82. The Morgan fingerprint density at radius 2 is 1.17 bits per heavy atom. The van der Waals surface area contributed by atoms with E-state index < -0.39 is 0 Å². The lowest BCUT2D eigenvalue weighted by atomic mass is 9.98. The Morgan fingerprint density at radius 1 is 0.833 bits per heavy atom. The molecule has 0 N–H and O–H groups in total. The Morgan fingerprint density at radius 3 is 1.42 bits per heavy atom. The molecule has 0 aromatic rings.